The lowest BCUT2D eigenvalue weighted by Crippen LogP contribution is -2.22. The Bertz CT molecular complexity index is 365. The van der Waals surface area contributed by atoms with Crippen molar-refractivity contribution in [1.29, 1.82) is 0 Å². The van der Waals surface area contributed by atoms with Crippen molar-refractivity contribution in [2.45, 2.75) is 19.9 Å². The summed E-state index contributed by atoms with van der Waals surface area (Å²) in [5.41, 5.74) is 8.13. The lowest BCUT2D eigenvalue weighted by atomic mass is 10.1. The Labute approximate surface area is 102 Å². The number of hydrogen-bond donors (Lipinski definition) is 1. The van der Waals surface area contributed by atoms with Crippen molar-refractivity contribution in [1.82, 2.24) is 4.90 Å². The van der Waals surface area contributed by atoms with Crippen molar-refractivity contribution in [3.63, 3.8) is 0 Å². The van der Waals surface area contributed by atoms with Crippen LogP contribution in [-0.4, -0.2) is 24.5 Å². The molecule has 2 rings (SSSR count). The van der Waals surface area contributed by atoms with Crippen LogP contribution in [0, 0.1) is 12.8 Å². The van der Waals surface area contributed by atoms with Crippen LogP contribution in [0.2, 0.25) is 5.02 Å². The van der Waals surface area contributed by atoms with Gasteiger partial charge in [0.15, 0.2) is 0 Å². The zero-order chi connectivity index (χ0) is 11.5. The topological polar surface area (TPSA) is 29.3 Å². The highest BCUT2D eigenvalue weighted by Crippen LogP contribution is 2.21. The number of aryl methyl sites for hydroxylation is 1. The van der Waals surface area contributed by atoms with Crippen LogP contribution in [0.4, 0.5) is 0 Å². The summed E-state index contributed by atoms with van der Waals surface area (Å²) in [4.78, 5) is 2.46. The molecular formula is C13H19ClN2. The molecule has 16 heavy (non-hydrogen) atoms. The normalized spacial score (nSPS) is 21.6. The van der Waals surface area contributed by atoms with E-state index in [9.17, 15) is 0 Å². The van der Waals surface area contributed by atoms with Gasteiger partial charge < -0.3 is 5.73 Å². The molecule has 0 aromatic heterocycles. The van der Waals surface area contributed by atoms with E-state index >= 15 is 0 Å². The predicted octanol–water partition coefficient (Wildman–Crippen LogP) is 2.43. The van der Waals surface area contributed by atoms with Crippen LogP contribution in [-0.2, 0) is 6.54 Å². The van der Waals surface area contributed by atoms with Crippen molar-refractivity contribution >= 4 is 11.6 Å². The second-order valence-electron chi connectivity index (χ2n) is 4.71. The van der Waals surface area contributed by atoms with Crippen molar-refractivity contribution in [2.75, 3.05) is 19.6 Å². The van der Waals surface area contributed by atoms with Crippen LogP contribution in [0.15, 0.2) is 18.2 Å². The van der Waals surface area contributed by atoms with Gasteiger partial charge in [0, 0.05) is 18.1 Å². The monoisotopic (exact) mass is 238 g/mol. The lowest BCUT2D eigenvalue weighted by Gasteiger charge is -2.16. The number of benzene rings is 1. The van der Waals surface area contributed by atoms with Gasteiger partial charge in [0.1, 0.15) is 0 Å². The van der Waals surface area contributed by atoms with E-state index in [1.54, 1.807) is 0 Å². The van der Waals surface area contributed by atoms with Gasteiger partial charge in [0.05, 0.1) is 0 Å². The van der Waals surface area contributed by atoms with E-state index in [0.29, 0.717) is 5.92 Å². The highest BCUT2D eigenvalue weighted by Gasteiger charge is 2.20. The predicted molar refractivity (Wildman–Crippen MR) is 68.6 cm³/mol. The molecule has 2 N–H and O–H groups in total. The van der Waals surface area contributed by atoms with Gasteiger partial charge >= 0.3 is 0 Å². The Morgan fingerprint density at radius 2 is 2.31 bits per heavy atom. The molecule has 0 radical (unpaired) electrons. The van der Waals surface area contributed by atoms with E-state index in [2.05, 4.69) is 23.1 Å². The number of hydrogen-bond acceptors (Lipinski definition) is 2. The third kappa shape index (κ3) is 2.76. The SMILES string of the molecule is Cc1ccc(CN2CCC(CN)C2)cc1Cl. The molecule has 0 bridgehead atoms. The summed E-state index contributed by atoms with van der Waals surface area (Å²) in [6, 6.07) is 6.33. The van der Waals surface area contributed by atoms with E-state index in [1.165, 1.54) is 12.0 Å². The Morgan fingerprint density at radius 1 is 1.50 bits per heavy atom. The Hall–Kier alpha value is -0.570. The third-order valence-electron chi connectivity index (χ3n) is 3.35. The highest BCUT2D eigenvalue weighted by atomic mass is 35.5. The van der Waals surface area contributed by atoms with E-state index < -0.39 is 0 Å². The fraction of sp³-hybridized carbons (Fsp3) is 0.538. The van der Waals surface area contributed by atoms with Crippen LogP contribution in [0.25, 0.3) is 0 Å². The summed E-state index contributed by atoms with van der Waals surface area (Å²) >= 11 is 6.12. The van der Waals surface area contributed by atoms with Gasteiger partial charge in [-0.15, -0.1) is 0 Å². The first-order valence-corrected chi connectivity index (χ1v) is 6.24. The maximum absolute atomic E-state index is 6.12. The molecule has 2 nitrogen and oxygen atoms in total. The largest absolute Gasteiger partial charge is 0.330 e. The Balaban J connectivity index is 1.97. The molecule has 1 heterocycles. The van der Waals surface area contributed by atoms with Gasteiger partial charge in [0.2, 0.25) is 0 Å². The molecule has 0 saturated carbocycles. The maximum atomic E-state index is 6.12. The molecule has 1 saturated heterocycles. The first kappa shape index (κ1) is 11.9. The number of nitrogens with two attached hydrogens (primary N) is 1. The smallest absolute Gasteiger partial charge is 0.0438 e. The van der Waals surface area contributed by atoms with Gasteiger partial charge in [-0.1, -0.05) is 23.7 Å². The molecule has 0 spiro atoms. The highest BCUT2D eigenvalue weighted by molar-refractivity contribution is 6.31. The summed E-state index contributed by atoms with van der Waals surface area (Å²) in [6.07, 6.45) is 1.23. The first-order valence-electron chi connectivity index (χ1n) is 5.86. The molecule has 1 aromatic rings. The second kappa shape index (κ2) is 5.17. The molecule has 0 aliphatic carbocycles. The standard InChI is InChI=1S/C13H19ClN2/c1-10-2-3-11(6-13(10)14)8-16-5-4-12(7-15)9-16/h2-3,6,12H,4-5,7-9,15H2,1H3. The number of nitrogens with zero attached hydrogens (tertiary/aromatic N) is 1. The summed E-state index contributed by atoms with van der Waals surface area (Å²) in [7, 11) is 0. The summed E-state index contributed by atoms with van der Waals surface area (Å²) < 4.78 is 0. The Kier molecular flexibility index (Phi) is 3.85. The lowest BCUT2D eigenvalue weighted by molar-refractivity contribution is 0.318. The van der Waals surface area contributed by atoms with Crippen molar-refractivity contribution < 1.29 is 0 Å². The van der Waals surface area contributed by atoms with Crippen LogP contribution in [0.1, 0.15) is 17.5 Å². The number of halogens is 1. The molecule has 1 fully saturated rings. The molecule has 1 aliphatic rings. The van der Waals surface area contributed by atoms with Crippen LogP contribution < -0.4 is 5.73 Å². The quantitative estimate of drug-likeness (QED) is 0.877. The van der Waals surface area contributed by atoms with Gasteiger partial charge in [-0.3, -0.25) is 4.90 Å². The molecule has 1 unspecified atom stereocenters. The minimum atomic E-state index is 0.681. The zero-order valence-electron chi connectivity index (χ0n) is 9.75. The number of likely N-dealkylation sites (tertiary alicyclic amines) is 1. The summed E-state index contributed by atoms with van der Waals surface area (Å²) in [5.74, 6) is 0.681. The average molecular weight is 239 g/mol. The minimum Gasteiger partial charge on any atom is -0.330 e. The molecule has 88 valence electrons. The van der Waals surface area contributed by atoms with Crippen molar-refractivity contribution in [3.8, 4) is 0 Å². The van der Waals surface area contributed by atoms with E-state index in [1.807, 2.05) is 6.92 Å². The van der Waals surface area contributed by atoms with Crippen molar-refractivity contribution in [3.05, 3.63) is 34.3 Å². The second-order valence-corrected chi connectivity index (χ2v) is 5.12. The van der Waals surface area contributed by atoms with Gasteiger partial charge in [0.25, 0.3) is 0 Å². The summed E-state index contributed by atoms with van der Waals surface area (Å²) in [6.45, 7) is 6.13. The molecule has 1 atom stereocenters. The van der Waals surface area contributed by atoms with Gasteiger partial charge in [-0.05, 0) is 49.5 Å². The fourth-order valence-electron chi connectivity index (χ4n) is 2.24. The van der Waals surface area contributed by atoms with E-state index in [4.69, 9.17) is 17.3 Å². The Morgan fingerprint density at radius 3 is 2.94 bits per heavy atom. The summed E-state index contributed by atoms with van der Waals surface area (Å²) in [5, 5.41) is 0.868. The van der Waals surface area contributed by atoms with Crippen LogP contribution >= 0.6 is 11.6 Å². The van der Waals surface area contributed by atoms with E-state index in [-0.39, 0.29) is 0 Å². The molecule has 3 heteroatoms. The zero-order valence-corrected chi connectivity index (χ0v) is 10.5. The van der Waals surface area contributed by atoms with Crippen LogP contribution in [0.3, 0.4) is 0 Å². The molecular weight excluding hydrogens is 220 g/mol. The number of rotatable bonds is 3. The van der Waals surface area contributed by atoms with Gasteiger partial charge in [-0.2, -0.15) is 0 Å². The fourth-order valence-corrected chi connectivity index (χ4v) is 2.44. The molecule has 1 aromatic carbocycles. The van der Waals surface area contributed by atoms with E-state index in [0.717, 1.165) is 36.8 Å². The third-order valence-corrected chi connectivity index (χ3v) is 3.75. The van der Waals surface area contributed by atoms with Crippen molar-refractivity contribution in [2.24, 2.45) is 11.7 Å². The van der Waals surface area contributed by atoms with Gasteiger partial charge in [-0.25, -0.2) is 0 Å². The van der Waals surface area contributed by atoms with Crippen LogP contribution in [0.5, 0.6) is 0 Å². The first-order chi connectivity index (χ1) is 7.69. The minimum absolute atomic E-state index is 0.681. The molecule has 0 amide bonds. The average Bonchev–Trinajstić information content (AvgIpc) is 2.71. The maximum Gasteiger partial charge on any atom is 0.0438 e. The molecule has 1 aliphatic heterocycles.